The van der Waals surface area contributed by atoms with Crippen LogP contribution in [0.3, 0.4) is 0 Å². The summed E-state index contributed by atoms with van der Waals surface area (Å²) in [6.45, 7) is 32.8. The highest BCUT2D eigenvalue weighted by Gasteiger charge is 2.46. The van der Waals surface area contributed by atoms with Crippen LogP contribution in [0.5, 0.6) is 11.5 Å². The molecule has 0 aliphatic carbocycles. The van der Waals surface area contributed by atoms with Crippen LogP contribution >= 0.6 is 0 Å². The second-order valence-corrected chi connectivity index (χ2v) is 20.0. The van der Waals surface area contributed by atoms with E-state index in [4.69, 9.17) is 4.74 Å². The summed E-state index contributed by atoms with van der Waals surface area (Å²) < 4.78 is 6.93. The topological polar surface area (TPSA) is 9.23 Å². The molecule has 0 atom stereocenters. The van der Waals surface area contributed by atoms with E-state index in [1.807, 2.05) is 0 Å². The van der Waals surface area contributed by atoms with Crippen LogP contribution < -0.4 is 21.1 Å². The van der Waals surface area contributed by atoms with Gasteiger partial charge in [0.05, 0.1) is 0 Å². The largest absolute Gasteiger partial charge is 0.458 e. The van der Waals surface area contributed by atoms with E-state index in [0.29, 0.717) is 0 Å². The molecule has 0 amide bonds. The van der Waals surface area contributed by atoms with Crippen molar-refractivity contribution in [2.75, 3.05) is 0 Å². The molecule has 0 N–H and O–H groups in total. The van der Waals surface area contributed by atoms with E-state index in [-0.39, 0.29) is 33.8 Å². The zero-order valence-electron chi connectivity index (χ0n) is 33.6. The maximum atomic E-state index is 6.93. The summed E-state index contributed by atoms with van der Waals surface area (Å²) in [6, 6.07) is 35.2. The highest BCUT2D eigenvalue weighted by Crippen LogP contribution is 2.45. The molecule has 0 saturated carbocycles. The second-order valence-electron chi connectivity index (χ2n) is 20.0. The van der Waals surface area contributed by atoms with Crippen molar-refractivity contribution in [1.29, 1.82) is 0 Å². The molecule has 5 aromatic rings. The Bertz CT molecular complexity index is 2120. The minimum absolute atomic E-state index is 0.0295. The normalized spacial score (nSPS) is 15.1. The Morgan fingerprint density at radius 3 is 1.49 bits per heavy atom. The zero-order chi connectivity index (χ0) is 37.1. The maximum Gasteiger partial charge on any atom is 0.251 e. The standard InChI is InChI=1S/C49H57BO/c1-45(2,3)33-23-31(24-34(28-33)46(4,5)6)30-19-21-41-40(27-30)50-39-18-16-15-17-38(39)49(13,14)43-37(20-22-42(51-41)44(43)50)32-25-35(47(7,8)9)29-36(26-32)48(10,11)12/h15-29H,1-14H3. The van der Waals surface area contributed by atoms with Crippen molar-refractivity contribution in [3.8, 4) is 33.8 Å². The van der Waals surface area contributed by atoms with Gasteiger partial charge < -0.3 is 4.74 Å². The zero-order valence-corrected chi connectivity index (χ0v) is 33.6. The van der Waals surface area contributed by atoms with E-state index in [1.165, 1.54) is 72.0 Å². The molecule has 0 spiro atoms. The Balaban J connectivity index is 1.50. The summed E-state index contributed by atoms with van der Waals surface area (Å²) in [5.41, 5.74) is 17.3. The van der Waals surface area contributed by atoms with Crippen LogP contribution in [0, 0.1) is 0 Å². The fraction of sp³-hybridized carbons (Fsp3) is 0.388. The molecule has 0 bridgehead atoms. The summed E-state index contributed by atoms with van der Waals surface area (Å²) in [7, 11) is 0. The van der Waals surface area contributed by atoms with Crippen molar-refractivity contribution >= 4 is 23.1 Å². The Morgan fingerprint density at radius 2 is 0.961 bits per heavy atom. The molecule has 2 heterocycles. The summed E-state index contributed by atoms with van der Waals surface area (Å²) in [5, 5.41) is 0. The predicted molar refractivity (Wildman–Crippen MR) is 222 cm³/mol. The van der Waals surface area contributed by atoms with Crippen LogP contribution in [0.1, 0.15) is 130 Å². The lowest BCUT2D eigenvalue weighted by molar-refractivity contribution is 0.484. The van der Waals surface area contributed by atoms with Gasteiger partial charge in [-0.3, -0.25) is 0 Å². The van der Waals surface area contributed by atoms with Crippen molar-refractivity contribution in [3.63, 3.8) is 0 Å². The molecule has 0 aromatic heterocycles. The second kappa shape index (κ2) is 11.5. The third-order valence-electron chi connectivity index (χ3n) is 11.6. The van der Waals surface area contributed by atoms with Crippen LogP contribution in [-0.4, -0.2) is 6.71 Å². The predicted octanol–water partition coefficient (Wildman–Crippen LogP) is 11.5. The van der Waals surface area contributed by atoms with Crippen LogP contribution in [0.15, 0.2) is 91.0 Å². The van der Waals surface area contributed by atoms with Gasteiger partial charge in [0.1, 0.15) is 11.5 Å². The highest BCUT2D eigenvalue weighted by molar-refractivity contribution is 6.98. The summed E-state index contributed by atoms with van der Waals surface area (Å²) >= 11 is 0. The summed E-state index contributed by atoms with van der Waals surface area (Å²) in [4.78, 5) is 0. The quantitative estimate of drug-likeness (QED) is 0.166. The number of fused-ring (bicyclic) bond motifs is 4. The first-order chi connectivity index (χ1) is 23.5. The third-order valence-corrected chi connectivity index (χ3v) is 11.6. The van der Waals surface area contributed by atoms with Gasteiger partial charge >= 0.3 is 0 Å². The Labute approximate surface area is 309 Å². The molecule has 262 valence electrons. The molecule has 7 rings (SSSR count). The molecule has 1 nitrogen and oxygen atoms in total. The third kappa shape index (κ3) is 6.07. The van der Waals surface area contributed by atoms with Crippen LogP contribution in [0.25, 0.3) is 22.3 Å². The number of rotatable bonds is 2. The molecule has 2 heteroatoms. The molecule has 2 aliphatic heterocycles. The van der Waals surface area contributed by atoms with Crippen molar-refractivity contribution in [2.45, 2.75) is 124 Å². The van der Waals surface area contributed by atoms with E-state index in [2.05, 4.69) is 188 Å². The van der Waals surface area contributed by atoms with Crippen molar-refractivity contribution in [3.05, 3.63) is 124 Å². The van der Waals surface area contributed by atoms with Gasteiger partial charge in [0.25, 0.3) is 6.71 Å². The molecule has 0 radical (unpaired) electrons. The average molecular weight is 673 g/mol. The summed E-state index contributed by atoms with van der Waals surface area (Å²) in [6.07, 6.45) is 0. The molecule has 2 aliphatic rings. The van der Waals surface area contributed by atoms with Crippen LogP contribution in [0.2, 0.25) is 0 Å². The number of hydrogen-bond acceptors (Lipinski definition) is 1. The fourth-order valence-corrected chi connectivity index (χ4v) is 8.30. The van der Waals surface area contributed by atoms with Gasteiger partial charge in [-0.05, 0) is 100 Å². The lowest BCUT2D eigenvalue weighted by Crippen LogP contribution is -2.62. The smallest absolute Gasteiger partial charge is 0.251 e. The van der Waals surface area contributed by atoms with E-state index < -0.39 is 0 Å². The fourth-order valence-electron chi connectivity index (χ4n) is 8.30. The Morgan fingerprint density at radius 1 is 0.471 bits per heavy atom. The van der Waals surface area contributed by atoms with Gasteiger partial charge in [-0.2, -0.15) is 0 Å². The lowest BCUT2D eigenvalue weighted by Gasteiger charge is -2.43. The summed E-state index contributed by atoms with van der Waals surface area (Å²) in [5.74, 6) is 1.94. The van der Waals surface area contributed by atoms with E-state index >= 15 is 0 Å². The van der Waals surface area contributed by atoms with Gasteiger partial charge in [0, 0.05) is 5.41 Å². The number of ether oxygens (including phenoxy) is 1. The van der Waals surface area contributed by atoms with Crippen molar-refractivity contribution in [1.82, 2.24) is 0 Å². The Hall–Kier alpha value is -4.04. The molecular weight excluding hydrogens is 615 g/mol. The van der Waals surface area contributed by atoms with Crippen molar-refractivity contribution < 1.29 is 4.74 Å². The van der Waals surface area contributed by atoms with Gasteiger partial charge in [0.2, 0.25) is 0 Å². The first-order valence-electron chi connectivity index (χ1n) is 19.0. The molecular formula is C49H57BO. The van der Waals surface area contributed by atoms with Crippen molar-refractivity contribution in [2.24, 2.45) is 0 Å². The Kier molecular flexibility index (Phi) is 7.96. The average Bonchev–Trinajstić information content (AvgIpc) is 3.04. The number of benzene rings is 5. The number of hydrogen-bond donors (Lipinski definition) is 0. The van der Waals surface area contributed by atoms with E-state index in [9.17, 15) is 0 Å². The van der Waals surface area contributed by atoms with E-state index in [0.717, 1.165) is 11.5 Å². The van der Waals surface area contributed by atoms with Gasteiger partial charge in [-0.1, -0.05) is 181 Å². The monoisotopic (exact) mass is 672 g/mol. The molecule has 0 saturated heterocycles. The minimum atomic E-state index is -0.228. The first-order valence-corrected chi connectivity index (χ1v) is 19.0. The first kappa shape index (κ1) is 35.4. The van der Waals surface area contributed by atoms with Gasteiger partial charge in [-0.25, -0.2) is 0 Å². The molecule has 0 unspecified atom stereocenters. The van der Waals surface area contributed by atoms with Crippen LogP contribution in [-0.2, 0) is 27.1 Å². The van der Waals surface area contributed by atoms with Gasteiger partial charge in [-0.15, -0.1) is 0 Å². The van der Waals surface area contributed by atoms with E-state index in [1.54, 1.807) is 0 Å². The SMILES string of the molecule is CC(C)(C)c1cc(-c2ccc3c(c2)B2c4ccccc4C(C)(C)c4c(-c5cc(C(C)(C)C)cc(C(C)(C)C)c5)ccc(c42)O3)cc(C(C)(C)C)c1. The lowest BCUT2D eigenvalue weighted by atomic mass is 9.30. The minimum Gasteiger partial charge on any atom is -0.458 e. The maximum absolute atomic E-state index is 6.93. The molecule has 5 aromatic carbocycles. The molecule has 51 heavy (non-hydrogen) atoms. The molecule has 0 fully saturated rings. The van der Waals surface area contributed by atoms with Crippen LogP contribution in [0.4, 0.5) is 0 Å². The van der Waals surface area contributed by atoms with Gasteiger partial charge in [0.15, 0.2) is 0 Å². The highest BCUT2D eigenvalue weighted by atomic mass is 16.5.